The number of carbonyl (C=O) groups excluding carboxylic acids is 1. The molecule has 0 atom stereocenters. The number of ether oxygens (including phenoxy) is 1. The van der Waals surface area contributed by atoms with Crippen LogP contribution in [0.15, 0.2) is 47.4 Å². The van der Waals surface area contributed by atoms with Gasteiger partial charge >= 0.3 is 0 Å². The number of aryl methyl sites for hydroxylation is 1. The highest BCUT2D eigenvalue weighted by Gasteiger charge is 2.23. The molecule has 0 bridgehead atoms. The zero-order valence-corrected chi connectivity index (χ0v) is 22.4. The molecule has 7 nitrogen and oxygen atoms in total. The fraction of sp³-hybridized carbons (Fsp3) is 0.417. The summed E-state index contributed by atoms with van der Waals surface area (Å²) in [5, 5.41) is 0.564. The molecule has 1 aromatic heterocycles. The molecule has 0 saturated heterocycles. The number of benzene rings is 2. The number of nitrogens with zero attached hydrogens (tertiary/aromatic N) is 3. The number of amides is 1. The minimum absolute atomic E-state index is 0. The summed E-state index contributed by atoms with van der Waals surface area (Å²) in [5.41, 5.74) is 1.70. The van der Waals surface area contributed by atoms with Gasteiger partial charge in [0.05, 0.1) is 22.0 Å². The van der Waals surface area contributed by atoms with Crippen LogP contribution >= 0.6 is 23.7 Å². The van der Waals surface area contributed by atoms with Gasteiger partial charge < -0.3 is 9.64 Å². The quantitative estimate of drug-likeness (QED) is 0.365. The standard InChI is InChI=1S/C24H31N3O4S2.ClH/c1-5-31-20-8-6-9-21-23(20)25-24(32-21)27(16-7-15-26(3)4)22(28)14-17-33(29,30)19-12-10-18(2)11-13-19;/h6,8-13H,5,7,14-17H2,1-4H3;1H. The van der Waals surface area contributed by atoms with E-state index in [2.05, 4.69) is 4.90 Å². The fourth-order valence-corrected chi connectivity index (χ4v) is 5.65. The zero-order chi connectivity index (χ0) is 24.0. The molecule has 0 unspecified atom stereocenters. The molecule has 34 heavy (non-hydrogen) atoms. The summed E-state index contributed by atoms with van der Waals surface area (Å²) < 4.78 is 32.1. The van der Waals surface area contributed by atoms with Crippen molar-refractivity contribution < 1.29 is 17.9 Å². The van der Waals surface area contributed by atoms with Crippen molar-refractivity contribution in [3.63, 3.8) is 0 Å². The van der Waals surface area contributed by atoms with Crippen molar-refractivity contribution in [3.05, 3.63) is 48.0 Å². The van der Waals surface area contributed by atoms with Crippen LogP contribution in [0, 0.1) is 6.92 Å². The van der Waals surface area contributed by atoms with Crippen molar-refractivity contribution in [2.45, 2.75) is 31.6 Å². The highest BCUT2D eigenvalue weighted by Crippen LogP contribution is 2.34. The minimum Gasteiger partial charge on any atom is -0.492 e. The SMILES string of the molecule is CCOc1cccc2sc(N(CCCN(C)C)C(=O)CCS(=O)(=O)c3ccc(C)cc3)nc12.Cl. The Kier molecular flexibility index (Phi) is 10.3. The van der Waals surface area contributed by atoms with Gasteiger partial charge in [-0.05, 0) is 65.2 Å². The molecule has 0 N–H and O–H groups in total. The third-order valence-electron chi connectivity index (χ3n) is 5.15. The lowest BCUT2D eigenvalue weighted by atomic mass is 10.2. The molecular weight excluding hydrogens is 494 g/mol. The van der Waals surface area contributed by atoms with Gasteiger partial charge in [0.2, 0.25) is 5.91 Å². The predicted octanol–water partition coefficient (Wildman–Crippen LogP) is 4.57. The molecule has 2 aromatic carbocycles. The summed E-state index contributed by atoms with van der Waals surface area (Å²) in [4.78, 5) is 21.8. The van der Waals surface area contributed by atoms with Crippen LogP contribution in [-0.2, 0) is 14.6 Å². The summed E-state index contributed by atoms with van der Waals surface area (Å²) in [7, 11) is 0.404. The third kappa shape index (κ3) is 7.15. The number of hydrogen-bond donors (Lipinski definition) is 0. The monoisotopic (exact) mass is 525 g/mol. The van der Waals surface area contributed by atoms with Gasteiger partial charge in [-0.2, -0.15) is 0 Å². The molecule has 0 aliphatic rings. The fourth-order valence-electron chi connectivity index (χ4n) is 3.39. The summed E-state index contributed by atoms with van der Waals surface area (Å²) >= 11 is 1.41. The number of thiazole rings is 1. The summed E-state index contributed by atoms with van der Waals surface area (Å²) in [6, 6.07) is 12.4. The van der Waals surface area contributed by atoms with Gasteiger partial charge in [-0.1, -0.05) is 35.1 Å². The van der Waals surface area contributed by atoms with Crippen molar-refractivity contribution in [3.8, 4) is 5.75 Å². The van der Waals surface area contributed by atoms with E-state index in [1.54, 1.807) is 29.2 Å². The smallest absolute Gasteiger partial charge is 0.229 e. The lowest BCUT2D eigenvalue weighted by Gasteiger charge is -2.21. The molecule has 1 amide bonds. The number of sulfone groups is 1. The Labute approximate surface area is 212 Å². The van der Waals surface area contributed by atoms with Crippen LogP contribution in [-0.4, -0.2) is 63.8 Å². The van der Waals surface area contributed by atoms with Gasteiger partial charge in [0.25, 0.3) is 0 Å². The minimum atomic E-state index is -3.55. The Bertz CT molecular complexity index is 1190. The second-order valence-corrected chi connectivity index (χ2v) is 11.2. The zero-order valence-electron chi connectivity index (χ0n) is 20.0. The number of para-hydroxylation sites is 1. The van der Waals surface area contributed by atoms with Crippen LogP contribution < -0.4 is 9.64 Å². The first-order valence-electron chi connectivity index (χ1n) is 11.0. The maximum atomic E-state index is 13.2. The molecule has 0 aliphatic carbocycles. The Morgan fingerprint density at radius 2 is 1.79 bits per heavy atom. The van der Waals surface area contributed by atoms with Gasteiger partial charge in [-0.15, -0.1) is 12.4 Å². The van der Waals surface area contributed by atoms with Crippen molar-refractivity contribution in [2.24, 2.45) is 0 Å². The topological polar surface area (TPSA) is 79.8 Å². The van der Waals surface area contributed by atoms with E-state index in [9.17, 15) is 13.2 Å². The molecule has 0 saturated carbocycles. The van der Waals surface area contributed by atoms with Crippen molar-refractivity contribution >= 4 is 54.8 Å². The van der Waals surface area contributed by atoms with Gasteiger partial charge in [0.15, 0.2) is 15.0 Å². The molecule has 0 spiro atoms. The van der Waals surface area contributed by atoms with Crippen LogP contribution in [0.2, 0.25) is 0 Å². The normalized spacial score (nSPS) is 11.4. The van der Waals surface area contributed by atoms with E-state index in [1.807, 2.05) is 46.1 Å². The highest BCUT2D eigenvalue weighted by atomic mass is 35.5. The van der Waals surface area contributed by atoms with E-state index in [0.29, 0.717) is 24.0 Å². The van der Waals surface area contributed by atoms with E-state index in [1.165, 1.54) is 11.3 Å². The second kappa shape index (κ2) is 12.5. The molecule has 3 aromatic rings. The van der Waals surface area contributed by atoms with Crippen molar-refractivity contribution in [1.29, 1.82) is 0 Å². The summed E-state index contributed by atoms with van der Waals surface area (Å²) in [6.07, 6.45) is 0.643. The van der Waals surface area contributed by atoms with E-state index in [4.69, 9.17) is 9.72 Å². The Morgan fingerprint density at radius 3 is 2.44 bits per heavy atom. The maximum absolute atomic E-state index is 13.2. The predicted molar refractivity (Wildman–Crippen MR) is 141 cm³/mol. The van der Waals surface area contributed by atoms with Crippen LogP contribution in [0.5, 0.6) is 5.75 Å². The Morgan fingerprint density at radius 1 is 1.09 bits per heavy atom. The van der Waals surface area contributed by atoms with Crippen LogP contribution in [0.3, 0.4) is 0 Å². The molecule has 0 fully saturated rings. The number of carbonyl (C=O) groups is 1. The van der Waals surface area contributed by atoms with E-state index < -0.39 is 9.84 Å². The number of aromatic nitrogens is 1. The summed E-state index contributed by atoms with van der Waals surface area (Å²) in [6.45, 7) is 5.61. The van der Waals surface area contributed by atoms with Crippen LogP contribution in [0.25, 0.3) is 10.2 Å². The molecular formula is C24H32ClN3O4S2. The van der Waals surface area contributed by atoms with E-state index in [0.717, 1.165) is 28.7 Å². The van der Waals surface area contributed by atoms with Gasteiger partial charge in [-0.25, -0.2) is 13.4 Å². The van der Waals surface area contributed by atoms with E-state index >= 15 is 0 Å². The highest BCUT2D eigenvalue weighted by molar-refractivity contribution is 7.91. The molecule has 0 radical (unpaired) electrons. The number of hydrogen-bond acceptors (Lipinski definition) is 7. The molecule has 3 rings (SSSR count). The van der Waals surface area contributed by atoms with Gasteiger partial charge in [0, 0.05) is 13.0 Å². The van der Waals surface area contributed by atoms with Crippen LogP contribution in [0.1, 0.15) is 25.3 Å². The summed E-state index contributed by atoms with van der Waals surface area (Å²) in [5.74, 6) is 0.190. The Hall–Kier alpha value is -2.20. The number of halogens is 1. The number of fused-ring (bicyclic) bond motifs is 1. The first kappa shape index (κ1) is 28.0. The lowest BCUT2D eigenvalue weighted by Crippen LogP contribution is -2.34. The van der Waals surface area contributed by atoms with Gasteiger partial charge in [-0.3, -0.25) is 9.69 Å². The van der Waals surface area contributed by atoms with Crippen molar-refractivity contribution in [1.82, 2.24) is 9.88 Å². The molecule has 1 heterocycles. The third-order valence-corrected chi connectivity index (χ3v) is 7.93. The first-order chi connectivity index (χ1) is 15.7. The second-order valence-electron chi connectivity index (χ2n) is 8.12. The largest absolute Gasteiger partial charge is 0.492 e. The Balaban J connectivity index is 0.00000408. The maximum Gasteiger partial charge on any atom is 0.229 e. The first-order valence-corrected chi connectivity index (χ1v) is 13.4. The lowest BCUT2D eigenvalue weighted by molar-refractivity contribution is -0.118. The molecule has 186 valence electrons. The average Bonchev–Trinajstić information content (AvgIpc) is 3.20. The van der Waals surface area contributed by atoms with E-state index in [-0.39, 0.29) is 35.4 Å². The average molecular weight is 526 g/mol. The van der Waals surface area contributed by atoms with Crippen molar-refractivity contribution in [2.75, 3.05) is 44.4 Å². The number of anilines is 1. The molecule has 0 aliphatic heterocycles. The van der Waals surface area contributed by atoms with Gasteiger partial charge in [0.1, 0.15) is 11.3 Å². The number of rotatable bonds is 11. The molecule has 10 heteroatoms. The van der Waals surface area contributed by atoms with Crippen LogP contribution in [0.4, 0.5) is 5.13 Å².